The molecule has 0 heterocycles. The first kappa shape index (κ1) is 14.5. The molecule has 0 aliphatic rings. The summed E-state index contributed by atoms with van der Waals surface area (Å²) in [6.07, 6.45) is 0. The van der Waals surface area contributed by atoms with Crippen molar-refractivity contribution in [3.05, 3.63) is 58.9 Å². The maximum atomic E-state index is 13.5. The fourth-order valence-electron chi connectivity index (χ4n) is 2.10. The van der Waals surface area contributed by atoms with Crippen LogP contribution in [0.1, 0.15) is 36.5 Å². The molecule has 1 N–H and O–H groups in total. The van der Waals surface area contributed by atoms with Gasteiger partial charge in [-0.3, -0.25) is 0 Å². The number of hydrogen-bond acceptors (Lipinski definition) is 2. The Morgan fingerprint density at radius 1 is 1.15 bits per heavy atom. The Morgan fingerprint density at radius 3 is 2.55 bits per heavy atom. The molecule has 20 heavy (non-hydrogen) atoms. The first-order chi connectivity index (χ1) is 9.49. The molecule has 3 heteroatoms. The van der Waals surface area contributed by atoms with E-state index in [0.717, 1.165) is 16.9 Å². The molecular formula is C17H19FO2. The lowest BCUT2D eigenvalue weighted by Crippen LogP contribution is -1.96. The van der Waals surface area contributed by atoms with Crippen molar-refractivity contribution in [1.82, 2.24) is 0 Å². The molecule has 0 atom stereocenters. The van der Waals surface area contributed by atoms with Crippen LogP contribution < -0.4 is 4.74 Å². The van der Waals surface area contributed by atoms with E-state index in [0.29, 0.717) is 17.2 Å². The van der Waals surface area contributed by atoms with Gasteiger partial charge in [0.05, 0.1) is 6.61 Å². The molecule has 2 aromatic carbocycles. The van der Waals surface area contributed by atoms with E-state index < -0.39 is 5.82 Å². The van der Waals surface area contributed by atoms with E-state index in [1.165, 1.54) is 12.1 Å². The van der Waals surface area contributed by atoms with Gasteiger partial charge in [-0.1, -0.05) is 26.0 Å². The Bertz CT molecular complexity index is 606. The Hall–Kier alpha value is -1.87. The standard InChI is InChI=1S/C17H19FO2/c1-11(2)16-5-4-12(3)6-17(16)20-15-8-13(10-19)7-14(18)9-15/h4-9,11,19H,10H2,1-3H3. The second kappa shape index (κ2) is 6.06. The zero-order valence-corrected chi connectivity index (χ0v) is 12.0. The van der Waals surface area contributed by atoms with Crippen molar-refractivity contribution >= 4 is 0 Å². The summed E-state index contributed by atoms with van der Waals surface area (Å²) in [5.74, 6) is 1.04. The number of aliphatic hydroxyl groups excluding tert-OH is 1. The lowest BCUT2D eigenvalue weighted by Gasteiger charge is -2.15. The fraction of sp³-hybridized carbons (Fsp3) is 0.294. The maximum Gasteiger partial charge on any atom is 0.131 e. The molecule has 0 fully saturated rings. The predicted octanol–water partition coefficient (Wildman–Crippen LogP) is 4.54. The largest absolute Gasteiger partial charge is 0.457 e. The van der Waals surface area contributed by atoms with Gasteiger partial charge < -0.3 is 9.84 Å². The molecule has 106 valence electrons. The zero-order valence-electron chi connectivity index (χ0n) is 12.0. The molecular weight excluding hydrogens is 255 g/mol. The quantitative estimate of drug-likeness (QED) is 0.886. The van der Waals surface area contributed by atoms with Crippen LogP contribution >= 0.6 is 0 Å². The third-order valence-corrected chi connectivity index (χ3v) is 3.13. The maximum absolute atomic E-state index is 13.5. The summed E-state index contributed by atoms with van der Waals surface area (Å²) in [7, 11) is 0. The molecule has 0 amide bonds. The Balaban J connectivity index is 2.38. The van der Waals surface area contributed by atoms with E-state index in [4.69, 9.17) is 9.84 Å². The highest BCUT2D eigenvalue weighted by atomic mass is 19.1. The molecule has 0 aliphatic heterocycles. The van der Waals surface area contributed by atoms with Crippen molar-refractivity contribution in [1.29, 1.82) is 0 Å². The summed E-state index contributed by atoms with van der Waals surface area (Å²) in [5.41, 5.74) is 2.66. The average Bonchev–Trinajstić information content (AvgIpc) is 2.37. The highest BCUT2D eigenvalue weighted by Gasteiger charge is 2.10. The van der Waals surface area contributed by atoms with Gasteiger partial charge in [-0.15, -0.1) is 0 Å². The van der Waals surface area contributed by atoms with E-state index in [1.54, 1.807) is 6.07 Å². The molecule has 0 aromatic heterocycles. The van der Waals surface area contributed by atoms with Gasteiger partial charge in [-0.25, -0.2) is 4.39 Å². The molecule has 2 rings (SSSR count). The number of hydrogen-bond donors (Lipinski definition) is 1. The van der Waals surface area contributed by atoms with Crippen LogP contribution in [0.25, 0.3) is 0 Å². The lowest BCUT2D eigenvalue weighted by molar-refractivity contribution is 0.280. The summed E-state index contributed by atoms with van der Waals surface area (Å²) in [4.78, 5) is 0. The monoisotopic (exact) mass is 274 g/mol. The number of aliphatic hydroxyl groups is 1. The van der Waals surface area contributed by atoms with Crippen LogP contribution in [0.5, 0.6) is 11.5 Å². The molecule has 0 saturated carbocycles. The summed E-state index contributed by atoms with van der Waals surface area (Å²) in [6.45, 7) is 5.95. The minimum Gasteiger partial charge on any atom is -0.457 e. The van der Waals surface area contributed by atoms with Crippen molar-refractivity contribution in [3.63, 3.8) is 0 Å². The third kappa shape index (κ3) is 3.36. The van der Waals surface area contributed by atoms with Crippen LogP contribution in [0.2, 0.25) is 0 Å². The van der Waals surface area contributed by atoms with Crippen molar-refractivity contribution in [2.24, 2.45) is 0 Å². The summed E-state index contributed by atoms with van der Waals surface area (Å²) in [5, 5.41) is 9.12. The topological polar surface area (TPSA) is 29.5 Å². The summed E-state index contributed by atoms with van der Waals surface area (Å²) < 4.78 is 19.3. The Labute approximate surface area is 118 Å². The fourth-order valence-corrected chi connectivity index (χ4v) is 2.10. The Kier molecular flexibility index (Phi) is 4.40. The summed E-state index contributed by atoms with van der Waals surface area (Å²) in [6, 6.07) is 10.3. The first-order valence-corrected chi connectivity index (χ1v) is 6.68. The number of benzene rings is 2. The van der Waals surface area contributed by atoms with Gasteiger partial charge >= 0.3 is 0 Å². The minimum absolute atomic E-state index is 0.209. The molecule has 0 saturated heterocycles. The predicted molar refractivity (Wildman–Crippen MR) is 77.7 cm³/mol. The minimum atomic E-state index is -0.412. The second-order valence-electron chi connectivity index (χ2n) is 5.25. The van der Waals surface area contributed by atoms with E-state index >= 15 is 0 Å². The number of rotatable bonds is 4. The second-order valence-corrected chi connectivity index (χ2v) is 5.25. The smallest absolute Gasteiger partial charge is 0.131 e. The van der Waals surface area contributed by atoms with Crippen LogP contribution in [-0.4, -0.2) is 5.11 Å². The van der Waals surface area contributed by atoms with Crippen molar-refractivity contribution < 1.29 is 14.2 Å². The normalized spacial score (nSPS) is 10.9. The molecule has 0 spiro atoms. The molecule has 0 radical (unpaired) electrons. The molecule has 2 nitrogen and oxygen atoms in total. The Morgan fingerprint density at radius 2 is 1.90 bits per heavy atom. The molecule has 0 aliphatic carbocycles. The van der Waals surface area contributed by atoms with E-state index in [-0.39, 0.29) is 6.61 Å². The first-order valence-electron chi connectivity index (χ1n) is 6.68. The van der Waals surface area contributed by atoms with Crippen LogP contribution in [-0.2, 0) is 6.61 Å². The number of halogens is 1. The van der Waals surface area contributed by atoms with Gasteiger partial charge in [0.15, 0.2) is 0 Å². The van der Waals surface area contributed by atoms with E-state index in [9.17, 15) is 4.39 Å². The summed E-state index contributed by atoms with van der Waals surface area (Å²) >= 11 is 0. The highest BCUT2D eigenvalue weighted by molar-refractivity contribution is 5.42. The van der Waals surface area contributed by atoms with Crippen molar-refractivity contribution in [2.75, 3.05) is 0 Å². The van der Waals surface area contributed by atoms with Crippen LogP contribution in [0.15, 0.2) is 36.4 Å². The SMILES string of the molecule is Cc1ccc(C(C)C)c(Oc2cc(F)cc(CO)c2)c1. The van der Waals surface area contributed by atoms with Gasteiger partial charge in [0.1, 0.15) is 17.3 Å². The van der Waals surface area contributed by atoms with Gasteiger partial charge in [-0.05, 0) is 47.7 Å². The third-order valence-electron chi connectivity index (χ3n) is 3.13. The highest BCUT2D eigenvalue weighted by Crippen LogP contribution is 2.32. The number of ether oxygens (including phenoxy) is 1. The van der Waals surface area contributed by atoms with Crippen molar-refractivity contribution in [2.45, 2.75) is 33.3 Å². The van der Waals surface area contributed by atoms with Crippen LogP contribution in [0, 0.1) is 12.7 Å². The van der Waals surface area contributed by atoms with E-state index in [2.05, 4.69) is 13.8 Å². The van der Waals surface area contributed by atoms with Gasteiger partial charge in [0.25, 0.3) is 0 Å². The average molecular weight is 274 g/mol. The van der Waals surface area contributed by atoms with Crippen LogP contribution in [0.4, 0.5) is 4.39 Å². The zero-order chi connectivity index (χ0) is 14.7. The van der Waals surface area contributed by atoms with Crippen molar-refractivity contribution in [3.8, 4) is 11.5 Å². The molecule has 0 unspecified atom stereocenters. The molecule has 2 aromatic rings. The van der Waals surface area contributed by atoms with Gasteiger partial charge in [0, 0.05) is 6.07 Å². The van der Waals surface area contributed by atoms with E-state index in [1.807, 2.05) is 25.1 Å². The lowest BCUT2D eigenvalue weighted by atomic mass is 10.0. The van der Waals surface area contributed by atoms with Gasteiger partial charge in [-0.2, -0.15) is 0 Å². The number of aryl methyl sites for hydroxylation is 1. The van der Waals surface area contributed by atoms with Gasteiger partial charge in [0.2, 0.25) is 0 Å². The van der Waals surface area contributed by atoms with Crippen LogP contribution in [0.3, 0.4) is 0 Å². The molecule has 0 bridgehead atoms.